The van der Waals surface area contributed by atoms with Crippen LogP contribution in [0.15, 0.2) is 42.0 Å². The second kappa shape index (κ2) is 9.45. The molecule has 6 nitrogen and oxygen atoms in total. The third-order valence-electron chi connectivity index (χ3n) is 5.59. The van der Waals surface area contributed by atoms with Gasteiger partial charge in [0.25, 0.3) is 11.8 Å². The Morgan fingerprint density at radius 1 is 1.07 bits per heavy atom. The molecule has 0 unspecified atom stereocenters. The lowest BCUT2D eigenvalue weighted by molar-refractivity contribution is -0.128. The van der Waals surface area contributed by atoms with Gasteiger partial charge in [-0.1, -0.05) is 25.1 Å². The second-order valence-corrected chi connectivity index (χ2v) is 7.60. The molecule has 1 aliphatic rings. The summed E-state index contributed by atoms with van der Waals surface area (Å²) in [6, 6.07) is 13.3. The summed E-state index contributed by atoms with van der Waals surface area (Å²) in [7, 11) is 0. The third kappa shape index (κ3) is 4.46. The zero-order chi connectivity index (χ0) is 21.7. The Morgan fingerprint density at radius 3 is 2.30 bits per heavy atom. The van der Waals surface area contributed by atoms with Gasteiger partial charge in [0.2, 0.25) is 0 Å². The maximum Gasteiger partial charge on any atom is 0.264 e. The van der Waals surface area contributed by atoms with Crippen LogP contribution < -0.4 is 0 Å². The van der Waals surface area contributed by atoms with Crippen molar-refractivity contribution in [2.24, 2.45) is 0 Å². The number of nitrogens with zero attached hydrogens (tertiary/aromatic N) is 4. The summed E-state index contributed by atoms with van der Waals surface area (Å²) in [5.41, 5.74) is 3.88. The van der Waals surface area contributed by atoms with E-state index in [-0.39, 0.29) is 17.4 Å². The first kappa shape index (κ1) is 21.4. The Labute approximate surface area is 178 Å². The zero-order valence-electron chi connectivity index (χ0n) is 17.9. The van der Waals surface area contributed by atoms with Crippen LogP contribution in [-0.4, -0.2) is 52.4 Å². The topological polar surface area (TPSA) is 69.3 Å². The van der Waals surface area contributed by atoms with Gasteiger partial charge in [-0.15, -0.1) is 0 Å². The highest BCUT2D eigenvalue weighted by atomic mass is 16.2. The monoisotopic (exact) mass is 404 g/mol. The van der Waals surface area contributed by atoms with Crippen LogP contribution in [-0.2, 0) is 11.3 Å². The van der Waals surface area contributed by atoms with Gasteiger partial charge in [0.15, 0.2) is 0 Å². The molecule has 2 heterocycles. The predicted molar refractivity (Wildman–Crippen MR) is 117 cm³/mol. The predicted octanol–water partition coefficient (Wildman–Crippen LogP) is 3.41. The summed E-state index contributed by atoms with van der Waals surface area (Å²) in [6.45, 7) is 8.86. The maximum atomic E-state index is 12.9. The molecule has 1 aromatic heterocycles. The summed E-state index contributed by atoms with van der Waals surface area (Å²) in [6.07, 6.45) is 2.72. The smallest absolute Gasteiger partial charge is 0.264 e. The van der Waals surface area contributed by atoms with Gasteiger partial charge in [-0.25, -0.2) is 0 Å². The van der Waals surface area contributed by atoms with E-state index in [4.69, 9.17) is 0 Å². The molecule has 0 saturated carbocycles. The fourth-order valence-electron chi connectivity index (χ4n) is 3.89. The van der Waals surface area contributed by atoms with Gasteiger partial charge in [0.05, 0.1) is 0 Å². The largest absolute Gasteiger partial charge is 0.349 e. The Hall–Kier alpha value is -3.33. The molecule has 156 valence electrons. The van der Waals surface area contributed by atoms with Crippen LogP contribution in [0.2, 0.25) is 0 Å². The average molecular weight is 405 g/mol. The van der Waals surface area contributed by atoms with Crippen molar-refractivity contribution in [3.05, 3.63) is 64.5 Å². The minimum absolute atomic E-state index is 0.0258. The highest BCUT2D eigenvalue weighted by Crippen LogP contribution is 2.20. The average Bonchev–Trinajstić information content (AvgIpc) is 3.05. The summed E-state index contributed by atoms with van der Waals surface area (Å²) in [4.78, 5) is 28.9. The van der Waals surface area contributed by atoms with Crippen LogP contribution in [0, 0.1) is 25.2 Å². The van der Waals surface area contributed by atoms with Gasteiger partial charge < -0.3 is 14.4 Å². The number of carbonyl (C=O) groups is 2. The third-order valence-corrected chi connectivity index (χ3v) is 5.59. The van der Waals surface area contributed by atoms with E-state index >= 15 is 0 Å². The van der Waals surface area contributed by atoms with Gasteiger partial charge in [0, 0.05) is 49.7 Å². The molecule has 1 saturated heterocycles. The van der Waals surface area contributed by atoms with Crippen molar-refractivity contribution in [3.8, 4) is 6.07 Å². The molecule has 2 amide bonds. The van der Waals surface area contributed by atoms with E-state index in [9.17, 15) is 14.9 Å². The van der Waals surface area contributed by atoms with Crippen LogP contribution >= 0.6 is 0 Å². The Balaban J connectivity index is 1.69. The van der Waals surface area contributed by atoms with Crippen molar-refractivity contribution in [1.82, 2.24) is 14.4 Å². The molecule has 1 aromatic carbocycles. The van der Waals surface area contributed by atoms with E-state index in [2.05, 4.69) is 17.6 Å². The lowest BCUT2D eigenvalue weighted by Gasteiger charge is -2.34. The first-order valence-electron chi connectivity index (χ1n) is 10.4. The minimum atomic E-state index is -0.274. The van der Waals surface area contributed by atoms with Crippen LogP contribution in [0.5, 0.6) is 0 Å². The molecule has 6 heteroatoms. The second-order valence-electron chi connectivity index (χ2n) is 7.60. The van der Waals surface area contributed by atoms with Crippen LogP contribution in [0.1, 0.15) is 40.7 Å². The summed E-state index contributed by atoms with van der Waals surface area (Å²) in [5.74, 6) is -0.299. The van der Waals surface area contributed by atoms with Crippen molar-refractivity contribution in [3.63, 3.8) is 0 Å². The summed E-state index contributed by atoms with van der Waals surface area (Å²) in [5, 5.41) is 9.61. The quantitative estimate of drug-likeness (QED) is 0.566. The molecule has 0 bridgehead atoms. The van der Waals surface area contributed by atoms with E-state index < -0.39 is 0 Å². The number of aromatic nitrogens is 1. The molecule has 0 aliphatic carbocycles. The lowest BCUT2D eigenvalue weighted by atomic mass is 10.1. The van der Waals surface area contributed by atoms with Gasteiger partial charge >= 0.3 is 0 Å². The number of piperazine rings is 1. The Kier molecular flexibility index (Phi) is 6.73. The molecule has 2 aromatic rings. The number of rotatable bonds is 5. The van der Waals surface area contributed by atoms with E-state index in [0.717, 1.165) is 29.9 Å². The molecular formula is C24H28N4O2. The SMILES string of the molecule is CCCn1c(C)cc(/C=C(\C#N)C(=O)N2CCN(C(=O)c3ccccc3)CC2)c1C. The molecule has 0 atom stereocenters. The van der Waals surface area contributed by atoms with Gasteiger partial charge in [-0.2, -0.15) is 5.26 Å². The van der Waals surface area contributed by atoms with Crippen molar-refractivity contribution < 1.29 is 9.59 Å². The highest BCUT2D eigenvalue weighted by molar-refractivity contribution is 6.02. The van der Waals surface area contributed by atoms with Crippen molar-refractivity contribution in [1.29, 1.82) is 5.26 Å². The minimum Gasteiger partial charge on any atom is -0.349 e. The Morgan fingerprint density at radius 2 is 1.70 bits per heavy atom. The number of benzene rings is 1. The molecular weight excluding hydrogens is 376 g/mol. The number of hydrogen-bond donors (Lipinski definition) is 0. The maximum absolute atomic E-state index is 12.9. The van der Waals surface area contributed by atoms with Crippen LogP contribution in [0.3, 0.4) is 0 Å². The van der Waals surface area contributed by atoms with Gasteiger partial charge in [-0.05, 0) is 50.1 Å². The highest BCUT2D eigenvalue weighted by Gasteiger charge is 2.26. The van der Waals surface area contributed by atoms with E-state index in [0.29, 0.717) is 31.7 Å². The molecule has 1 aliphatic heterocycles. The van der Waals surface area contributed by atoms with Crippen molar-refractivity contribution in [2.75, 3.05) is 26.2 Å². The Bertz CT molecular complexity index is 990. The van der Waals surface area contributed by atoms with E-state index in [1.54, 1.807) is 28.0 Å². The molecule has 1 fully saturated rings. The number of nitriles is 1. The zero-order valence-corrected chi connectivity index (χ0v) is 17.9. The molecule has 3 rings (SSSR count). The summed E-state index contributed by atoms with van der Waals surface area (Å²) >= 11 is 0. The number of hydrogen-bond acceptors (Lipinski definition) is 3. The van der Waals surface area contributed by atoms with Crippen molar-refractivity contribution >= 4 is 17.9 Å². The normalized spacial score (nSPS) is 14.5. The van der Waals surface area contributed by atoms with E-state index in [1.165, 1.54) is 0 Å². The first-order valence-corrected chi connectivity index (χ1v) is 10.4. The fourth-order valence-corrected chi connectivity index (χ4v) is 3.89. The first-order chi connectivity index (χ1) is 14.5. The van der Waals surface area contributed by atoms with Crippen molar-refractivity contribution in [2.45, 2.75) is 33.7 Å². The van der Waals surface area contributed by atoms with Gasteiger partial charge in [-0.3, -0.25) is 9.59 Å². The molecule has 0 N–H and O–H groups in total. The van der Waals surface area contributed by atoms with Gasteiger partial charge in [0.1, 0.15) is 11.6 Å². The molecule has 0 radical (unpaired) electrons. The number of aryl methyl sites for hydroxylation is 1. The fraction of sp³-hybridized carbons (Fsp3) is 0.375. The standard InChI is InChI=1S/C24H28N4O2/c1-4-10-28-18(2)15-21(19(28)3)16-22(17-25)24(30)27-13-11-26(12-14-27)23(29)20-8-6-5-7-9-20/h5-9,15-16H,4,10-14H2,1-3H3/b22-16+. The van der Waals surface area contributed by atoms with E-state index in [1.807, 2.05) is 38.1 Å². The number of amides is 2. The molecule has 0 spiro atoms. The molecule has 30 heavy (non-hydrogen) atoms. The van der Waals surface area contributed by atoms with Crippen LogP contribution in [0.4, 0.5) is 0 Å². The number of carbonyl (C=O) groups excluding carboxylic acids is 2. The lowest BCUT2D eigenvalue weighted by Crippen LogP contribution is -2.50. The summed E-state index contributed by atoms with van der Waals surface area (Å²) < 4.78 is 2.21. The van der Waals surface area contributed by atoms with Crippen LogP contribution in [0.25, 0.3) is 6.08 Å².